The van der Waals surface area contributed by atoms with Crippen molar-refractivity contribution in [2.24, 2.45) is 0 Å². The van der Waals surface area contributed by atoms with E-state index in [-0.39, 0.29) is 11.9 Å². The second-order valence-corrected chi connectivity index (χ2v) is 7.75. The molecule has 0 aliphatic heterocycles. The first kappa shape index (κ1) is 20.9. The number of rotatable bonds is 10. The van der Waals surface area contributed by atoms with Crippen molar-refractivity contribution in [2.45, 2.75) is 32.9 Å². The summed E-state index contributed by atoms with van der Waals surface area (Å²) >= 11 is -1.57. The van der Waals surface area contributed by atoms with Crippen LogP contribution in [0.1, 0.15) is 25.8 Å². The third kappa shape index (κ3) is 6.37. The molecule has 154 valence electrons. The molecule has 2 N–H and O–H groups in total. The minimum atomic E-state index is -1.57. The lowest BCUT2D eigenvalue weighted by Crippen LogP contribution is -2.26. The van der Waals surface area contributed by atoms with Crippen molar-refractivity contribution >= 4 is 28.6 Å². The monoisotopic (exact) mass is 416 g/mol. The number of hydrogen-bond acceptors (Lipinski definition) is 7. The van der Waals surface area contributed by atoms with E-state index in [0.717, 1.165) is 24.3 Å². The number of hydrogen-bond donors (Lipinski definition) is 2. The third-order valence-electron chi connectivity index (χ3n) is 4.15. The fourth-order valence-electron chi connectivity index (χ4n) is 2.85. The summed E-state index contributed by atoms with van der Waals surface area (Å²) in [4.78, 5) is 6.59. The second kappa shape index (κ2) is 10.1. The van der Waals surface area contributed by atoms with E-state index >= 15 is 0 Å². The molecule has 0 aliphatic rings. The van der Waals surface area contributed by atoms with Crippen molar-refractivity contribution in [1.82, 2.24) is 13.7 Å². The number of benzene rings is 1. The molecule has 3 aromatic rings. The van der Waals surface area contributed by atoms with Gasteiger partial charge in [-0.15, -0.1) is 0 Å². The Balaban J connectivity index is 1.60. The molecule has 1 unspecified atom stereocenters. The van der Waals surface area contributed by atoms with Crippen LogP contribution in [0, 0.1) is 5.82 Å². The molecule has 2 aromatic heterocycles. The summed E-state index contributed by atoms with van der Waals surface area (Å²) in [6.45, 7) is 5.98. The standard InChI is InChI=1S/C20H25FN6OS/c1-15(2)24-20-19(25-29(28)26-20)23-12-5-13-27(18-6-3-4-11-22-18)14-16-7-9-17(21)10-8-16/h3-4,6-11,15H,5,12-14H2,1-2H3,(H,23,25)(H,24,26). The minimum absolute atomic E-state index is 0.172. The van der Waals surface area contributed by atoms with Crippen molar-refractivity contribution in [1.29, 1.82) is 0 Å². The molecular weight excluding hydrogens is 391 g/mol. The second-order valence-electron chi connectivity index (χ2n) is 6.93. The van der Waals surface area contributed by atoms with Crippen molar-refractivity contribution < 1.29 is 8.94 Å². The molecular formula is C20H25FN6OS. The van der Waals surface area contributed by atoms with Gasteiger partial charge >= 0.3 is 0 Å². The number of nitrogens with zero attached hydrogens (tertiary/aromatic N) is 4. The molecule has 1 aromatic carbocycles. The minimum Gasteiger partial charge on any atom is -0.546 e. The van der Waals surface area contributed by atoms with Gasteiger partial charge in [-0.1, -0.05) is 18.2 Å². The van der Waals surface area contributed by atoms with Crippen molar-refractivity contribution in [3.63, 3.8) is 0 Å². The number of nitrogens with one attached hydrogen (secondary N) is 2. The Kier molecular flexibility index (Phi) is 7.31. The number of halogens is 1. The molecule has 7 nitrogen and oxygen atoms in total. The van der Waals surface area contributed by atoms with Crippen molar-refractivity contribution in [3.05, 3.63) is 60.0 Å². The predicted octanol–water partition coefficient (Wildman–Crippen LogP) is 4.07. The molecule has 0 bridgehead atoms. The predicted molar refractivity (Wildman–Crippen MR) is 114 cm³/mol. The molecule has 0 saturated carbocycles. The van der Waals surface area contributed by atoms with E-state index in [4.69, 9.17) is 0 Å². The zero-order chi connectivity index (χ0) is 20.6. The van der Waals surface area contributed by atoms with Gasteiger partial charge in [-0.3, -0.25) is 0 Å². The Morgan fingerprint density at radius 1 is 1.10 bits per heavy atom. The largest absolute Gasteiger partial charge is 0.546 e. The van der Waals surface area contributed by atoms with Gasteiger partial charge in [0.15, 0.2) is 11.1 Å². The molecule has 0 fully saturated rings. The average molecular weight is 417 g/mol. The van der Waals surface area contributed by atoms with E-state index in [0.29, 0.717) is 24.7 Å². The maximum atomic E-state index is 13.2. The quantitative estimate of drug-likeness (QED) is 0.380. The molecule has 0 saturated heterocycles. The van der Waals surface area contributed by atoms with Crippen molar-refractivity contribution in [3.8, 4) is 0 Å². The van der Waals surface area contributed by atoms with E-state index in [1.807, 2.05) is 32.0 Å². The highest BCUT2D eigenvalue weighted by Gasteiger charge is 2.16. The number of aromatic nitrogens is 3. The highest BCUT2D eigenvalue weighted by molar-refractivity contribution is 7.14. The van der Waals surface area contributed by atoms with Gasteiger partial charge in [-0.05, 0) is 50.1 Å². The summed E-state index contributed by atoms with van der Waals surface area (Å²) in [5.74, 6) is 1.68. The van der Waals surface area contributed by atoms with Crippen LogP contribution in [0.25, 0.3) is 0 Å². The normalized spacial score (nSPS) is 11.6. The van der Waals surface area contributed by atoms with Crippen molar-refractivity contribution in [2.75, 3.05) is 28.6 Å². The zero-order valence-electron chi connectivity index (χ0n) is 16.5. The fourth-order valence-corrected chi connectivity index (χ4v) is 3.49. The molecule has 29 heavy (non-hydrogen) atoms. The Bertz CT molecular complexity index is 888. The SMILES string of the molecule is CC(C)Nc1n[s+]([O-])nc1NCCCN(Cc1ccc(F)cc1)c1ccccn1. The Labute approximate surface area is 173 Å². The molecule has 0 radical (unpaired) electrons. The first-order valence-electron chi connectivity index (χ1n) is 9.52. The lowest BCUT2D eigenvalue weighted by molar-refractivity contribution is 0.585. The topological polar surface area (TPSA) is 89.0 Å². The summed E-state index contributed by atoms with van der Waals surface area (Å²) in [7, 11) is 0. The molecule has 0 amide bonds. The summed E-state index contributed by atoms with van der Waals surface area (Å²) in [5, 5.41) is 6.36. The number of pyridine rings is 1. The lowest BCUT2D eigenvalue weighted by Gasteiger charge is -2.24. The summed E-state index contributed by atoms with van der Waals surface area (Å²) < 4.78 is 32.8. The van der Waals surface area contributed by atoms with Gasteiger partial charge in [0, 0.05) is 40.6 Å². The Morgan fingerprint density at radius 3 is 2.55 bits per heavy atom. The Hall–Kier alpha value is -2.78. The van der Waals surface area contributed by atoms with Gasteiger partial charge < -0.3 is 20.1 Å². The maximum Gasteiger partial charge on any atom is 0.232 e. The summed E-state index contributed by atoms with van der Waals surface area (Å²) in [6.07, 6.45) is 2.56. The van der Waals surface area contributed by atoms with Gasteiger partial charge in [0.25, 0.3) is 0 Å². The van der Waals surface area contributed by atoms with Crippen LogP contribution in [-0.4, -0.2) is 37.4 Å². The first-order valence-corrected chi connectivity index (χ1v) is 10.6. The molecule has 1 atom stereocenters. The molecule has 3 rings (SSSR count). The van der Waals surface area contributed by atoms with Crippen LogP contribution in [0.15, 0.2) is 48.7 Å². The van der Waals surface area contributed by atoms with Gasteiger partial charge in [-0.25, -0.2) is 9.37 Å². The van der Waals surface area contributed by atoms with E-state index in [1.54, 1.807) is 18.3 Å². The summed E-state index contributed by atoms with van der Waals surface area (Å²) in [6, 6.07) is 12.5. The van der Waals surface area contributed by atoms with E-state index in [2.05, 4.69) is 29.3 Å². The lowest BCUT2D eigenvalue weighted by atomic mass is 10.2. The van der Waals surface area contributed by atoms with E-state index in [1.165, 1.54) is 12.1 Å². The van der Waals surface area contributed by atoms with Crippen LogP contribution in [0.4, 0.5) is 21.8 Å². The van der Waals surface area contributed by atoms with Crippen LogP contribution < -0.4 is 15.5 Å². The fraction of sp³-hybridized carbons (Fsp3) is 0.350. The van der Waals surface area contributed by atoms with Gasteiger partial charge in [0.05, 0.1) is 0 Å². The Morgan fingerprint density at radius 2 is 1.86 bits per heavy atom. The van der Waals surface area contributed by atoms with Gasteiger partial charge in [0.2, 0.25) is 11.6 Å². The van der Waals surface area contributed by atoms with E-state index < -0.39 is 11.1 Å². The van der Waals surface area contributed by atoms with Gasteiger partial charge in [-0.2, -0.15) is 0 Å². The summed E-state index contributed by atoms with van der Waals surface area (Å²) in [5.41, 5.74) is 1.01. The molecule has 0 spiro atoms. The zero-order valence-corrected chi connectivity index (χ0v) is 17.3. The first-order chi connectivity index (χ1) is 14.0. The third-order valence-corrected chi connectivity index (χ3v) is 4.82. The van der Waals surface area contributed by atoms with Crippen LogP contribution in [0.3, 0.4) is 0 Å². The molecule has 9 heteroatoms. The highest BCUT2D eigenvalue weighted by atomic mass is 32.2. The highest BCUT2D eigenvalue weighted by Crippen LogP contribution is 2.23. The van der Waals surface area contributed by atoms with Crippen LogP contribution in [-0.2, 0) is 6.54 Å². The van der Waals surface area contributed by atoms with Crippen LogP contribution >= 0.6 is 11.1 Å². The number of anilines is 3. The maximum absolute atomic E-state index is 13.2. The smallest absolute Gasteiger partial charge is 0.232 e. The molecule has 2 heterocycles. The van der Waals surface area contributed by atoms with Crippen LogP contribution in [0.5, 0.6) is 0 Å². The average Bonchev–Trinajstić information content (AvgIpc) is 3.04. The molecule has 0 aliphatic carbocycles. The van der Waals surface area contributed by atoms with Crippen LogP contribution in [0.2, 0.25) is 0 Å². The van der Waals surface area contributed by atoms with Gasteiger partial charge in [0.1, 0.15) is 11.6 Å². The van der Waals surface area contributed by atoms with E-state index in [9.17, 15) is 8.94 Å².